The molecule has 0 aromatic rings. The fourth-order valence-electron chi connectivity index (χ4n) is 1.83. The van der Waals surface area contributed by atoms with E-state index in [0.29, 0.717) is 12.8 Å². The summed E-state index contributed by atoms with van der Waals surface area (Å²) in [6.45, 7) is 3.92. The molecule has 5 heteroatoms. The van der Waals surface area contributed by atoms with Crippen LogP contribution in [0, 0.1) is 0 Å². The van der Waals surface area contributed by atoms with Gasteiger partial charge in [0.15, 0.2) is 0 Å². The van der Waals surface area contributed by atoms with Crippen LogP contribution in [-0.2, 0) is 10.1 Å². The fourth-order valence-corrected chi connectivity index (χ4v) is 2.76. The SMILES string of the molecule is CCCCCCCC(CC(O)CC)S(=O)(=O)O. The van der Waals surface area contributed by atoms with Gasteiger partial charge in [-0.3, -0.25) is 4.55 Å². The highest BCUT2D eigenvalue weighted by Crippen LogP contribution is 2.17. The molecule has 2 atom stereocenters. The Morgan fingerprint density at radius 1 is 1.06 bits per heavy atom. The maximum Gasteiger partial charge on any atom is 0.267 e. The van der Waals surface area contributed by atoms with Gasteiger partial charge < -0.3 is 5.11 Å². The molecule has 104 valence electrons. The Kier molecular flexibility index (Phi) is 8.82. The minimum atomic E-state index is -4.02. The Bertz CT molecular complexity index is 274. The molecule has 0 radical (unpaired) electrons. The molecule has 0 saturated carbocycles. The zero-order valence-corrected chi connectivity index (χ0v) is 11.7. The lowest BCUT2D eigenvalue weighted by Gasteiger charge is -2.16. The van der Waals surface area contributed by atoms with Crippen LogP contribution in [-0.4, -0.2) is 29.4 Å². The molecule has 0 aliphatic carbocycles. The zero-order valence-electron chi connectivity index (χ0n) is 10.9. The van der Waals surface area contributed by atoms with Gasteiger partial charge in [0.25, 0.3) is 10.1 Å². The van der Waals surface area contributed by atoms with Gasteiger partial charge in [0.05, 0.1) is 11.4 Å². The van der Waals surface area contributed by atoms with E-state index in [1.807, 2.05) is 0 Å². The minimum Gasteiger partial charge on any atom is -0.393 e. The third kappa shape index (κ3) is 8.57. The lowest BCUT2D eigenvalue weighted by atomic mass is 10.0. The van der Waals surface area contributed by atoms with Crippen LogP contribution < -0.4 is 0 Å². The topological polar surface area (TPSA) is 74.6 Å². The Morgan fingerprint density at radius 3 is 2.12 bits per heavy atom. The molecule has 0 heterocycles. The second kappa shape index (κ2) is 8.89. The van der Waals surface area contributed by atoms with E-state index in [4.69, 9.17) is 4.55 Å². The number of hydrogen-bond acceptors (Lipinski definition) is 3. The average molecular weight is 266 g/mol. The van der Waals surface area contributed by atoms with E-state index in [1.54, 1.807) is 6.92 Å². The Hall–Kier alpha value is -0.130. The van der Waals surface area contributed by atoms with Crippen molar-refractivity contribution in [2.45, 2.75) is 76.6 Å². The number of aliphatic hydroxyl groups is 1. The van der Waals surface area contributed by atoms with Gasteiger partial charge in [0.1, 0.15) is 0 Å². The van der Waals surface area contributed by atoms with Crippen molar-refractivity contribution in [1.82, 2.24) is 0 Å². The highest BCUT2D eigenvalue weighted by atomic mass is 32.2. The first-order chi connectivity index (χ1) is 7.91. The molecule has 2 unspecified atom stereocenters. The summed E-state index contributed by atoms with van der Waals surface area (Å²) in [5.41, 5.74) is 0. The summed E-state index contributed by atoms with van der Waals surface area (Å²) in [6.07, 6.45) is 5.65. The summed E-state index contributed by atoms with van der Waals surface area (Å²) in [4.78, 5) is 0. The summed E-state index contributed by atoms with van der Waals surface area (Å²) in [7, 11) is -4.02. The van der Waals surface area contributed by atoms with E-state index in [0.717, 1.165) is 32.1 Å². The van der Waals surface area contributed by atoms with Gasteiger partial charge in [-0.15, -0.1) is 0 Å². The molecule has 17 heavy (non-hydrogen) atoms. The number of unbranched alkanes of at least 4 members (excludes halogenated alkanes) is 4. The molecule has 0 saturated heterocycles. The van der Waals surface area contributed by atoms with E-state index in [-0.39, 0.29) is 6.42 Å². The first-order valence-corrected chi connectivity index (χ1v) is 8.06. The van der Waals surface area contributed by atoms with Crippen molar-refractivity contribution < 1.29 is 18.1 Å². The van der Waals surface area contributed by atoms with Crippen molar-refractivity contribution in [2.24, 2.45) is 0 Å². The molecule has 0 aliphatic rings. The monoisotopic (exact) mass is 266 g/mol. The summed E-state index contributed by atoms with van der Waals surface area (Å²) >= 11 is 0. The fraction of sp³-hybridized carbons (Fsp3) is 1.00. The molecule has 2 N–H and O–H groups in total. The van der Waals surface area contributed by atoms with Gasteiger partial charge in [-0.1, -0.05) is 46.0 Å². The predicted octanol–water partition coefficient (Wildman–Crippen LogP) is 2.76. The molecule has 0 rings (SSSR count). The van der Waals surface area contributed by atoms with Crippen molar-refractivity contribution >= 4 is 10.1 Å². The Morgan fingerprint density at radius 2 is 1.65 bits per heavy atom. The predicted molar refractivity (Wildman–Crippen MR) is 69.6 cm³/mol. The zero-order chi connectivity index (χ0) is 13.3. The van der Waals surface area contributed by atoms with E-state index < -0.39 is 21.5 Å². The molecule has 0 aromatic carbocycles. The average Bonchev–Trinajstić information content (AvgIpc) is 2.25. The van der Waals surface area contributed by atoms with Crippen LogP contribution in [0.5, 0.6) is 0 Å². The third-order valence-corrected chi connectivity index (χ3v) is 4.33. The highest BCUT2D eigenvalue weighted by molar-refractivity contribution is 7.86. The second-order valence-corrected chi connectivity index (χ2v) is 6.33. The maximum atomic E-state index is 11.1. The van der Waals surface area contributed by atoms with E-state index >= 15 is 0 Å². The van der Waals surface area contributed by atoms with Crippen molar-refractivity contribution in [3.63, 3.8) is 0 Å². The maximum absolute atomic E-state index is 11.1. The number of hydrogen-bond donors (Lipinski definition) is 2. The van der Waals surface area contributed by atoms with Crippen LogP contribution in [0.2, 0.25) is 0 Å². The van der Waals surface area contributed by atoms with E-state index in [9.17, 15) is 13.5 Å². The molecular weight excluding hydrogens is 240 g/mol. The van der Waals surface area contributed by atoms with Crippen molar-refractivity contribution in [2.75, 3.05) is 0 Å². The van der Waals surface area contributed by atoms with Crippen LogP contribution in [0.25, 0.3) is 0 Å². The molecule has 4 nitrogen and oxygen atoms in total. The van der Waals surface area contributed by atoms with Gasteiger partial charge >= 0.3 is 0 Å². The van der Waals surface area contributed by atoms with Crippen molar-refractivity contribution in [3.8, 4) is 0 Å². The molecule has 0 bridgehead atoms. The lowest BCUT2D eigenvalue weighted by molar-refractivity contribution is 0.156. The normalized spacial score (nSPS) is 15.8. The molecule has 0 aromatic heterocycles. The quantitative estimate of drug-likeness (QED) is 0.471. The van der Waals surface area contributed by atoms with E-state index in [2.05, 4.69) is 6.92 Å². The third-order valence-electron chi connectivity index (χ3n) is 3.06. The standard InChI is InChI=1S/C12H26O4S/c1-3-5-6-7-8-9-12(17(14,15)16)10-11(13)4-2/h11-13H,3-10H2,1-2H3,(H,14,15,16). The van der Waals surface area contributed by atoms with Gasteiger partial charge in [-0.05, 0) is 19.3 Å². The van der Waals surface area contributed by atoms with Gasteiger partial charge in [-0.25, -0.2) is 0 Å². The molecule has 0 fully saturated rings. The minimum absolute atomic E-state index is 0.142. The molecule has 0 amide bonds. The van der Waals surface area contributed by atoms with Gasteiger partial charge in [0, 0.05) is 0 Å². The first kappa shape index (κ1) is 16.9. The Labute approximate surface area is 105 Å². The van der Waals surface area contributed by atoms with Crippen LogP contribution in [0.3, 0.4) is 0 Å². The highest BCUT2D eigenvalue weighted by Gasteiger charge is 2.24. The smallest absolute Gasteiger partial charge is 0.267 e. The lowest BCUT2D eigenvalue weighted by Crippen LogP contribution is -2.25. The summed E-state index contributed by atoms with van der Waals surface area (Å²) in [5, 5.41) is 8.65. The summed E-state index contributed by atoms with van der Waals surface area (Å²) in [5.74, 6) is 0. The molecule has 0 spiro atoms. The van der Waals surface area contributed by atoms with Crippen LogP contribution in [0.4, 0.5) is 0 Å². The van der Waals surface area contributed by atoms with Crippen molar-refractivity contribution in [1.29, 1.82) is 0 Å². The second-order valence-electron chi connectivity index (χ2n) is 4.64. The van der Waals surface area contributed by atoms with Crippen LogP contribution in [0.1, 0.15) is 65.2 Å². The van der Waals surface area contributed by atoms with Gasteiger partial charge in [0.2, 0.25) is 0 Å². The summed E-state index contributed by atoms with van der Waals surface area (Å²) < 4.78 is 31.4. The molecule has 0 aliphatic heterocycles. The number of rotatable bonds is 10. The van der Waals surface area contributed by atoms with Crippen molar-refractivity contribution in [3.05, 3.63) is 0 Å². The van der Waals surface area contributed by atoms with E-state index in [1.165, 1.54) is 0 Å². The Balaban J connectivity index is 4.04. The summed E-state index contributed by atoms with van der Waals surface area (Å²) in [6, 6.07) is 0. The van der Waals surface area contributed by atoms with Gasteiger partial charge in [-0.2, -0.15) is 8.42 Å². The van der Waals surface area contributed by atoms with Crippen LogP contribution in [0.15, 0.2) is 0 Å². The molecular formula is C12H26O4S. The van der Waals surface area contributed by atoms with Crippen LogP contribution >= 0.6 is 0 Å². The largest absolute Gasteiger partial charge is 0.393 e. The number of aliphatic hydroxyl groups excluding tert-OH is 1. The first-order valence-electron chi connectivity index (χ1n) is 6.56.